The van der Waals surface area contributed by atoms with Crippen LogP contribution < -0.4 is 5.32 Å². The summed E-state index contributed by atoms with van der Waals surface area (Å²) < 4.78 is 1.59. The number of anilines is 1. The maximum absolute atomic E-state index is 11.9. The number of nitrogens with zero attached hydrogens (tertiary/aromatic N) is 5. The summed E-state index contributed by atoms with van der Waals surface area (Å²) in [7, 11) is 3.39. The fraction of sp³-hybridized carbons (Fsp3) is 0.429. The Bertz CT molecular complexity index is 634. The van der Waals surface area contributed by atoms with Crippen molar-refractivity contribution in [3.63, 3.8) is 0 Å². The van der Waals surface area contributed by atoms with Gasteiger partial charge in [-0.25, -0.2) is 9.67 Å². The van der Waals surface area contributed by atoms with Gasteiger partial charge in [0.15, 0.2) is 11.5 Å². The van der Waals surface area contributed by atoms with E-state index in [0.29, 0.717) is 17.5 Å². The van der Waals surface area contributed by atoms with E-state index in [9.17, 15) is 4.79 Å². The zero-order chi connectivity index (χ0) is 15.4. The van der Waals surface area contributed by atoms with Gasteiger partial charge in [-0.15, -0.1) is 0 Å². The molecule has 0 bridgehead atoms. The Morgan fingerprint density at radius 2 is 2.14 bits per heavy atom. The van der Waals surface area contributed by atoms with E-state index in [0.717, 1.165) is 18.7 Å². The molecule has 0 unspecified atom stereocenters. The molecule has 0 radical (unpaired) electrons. The fourth-order valence-corrected chi connectivity index (χ4v) is 1.78. The number of hydrogen-bond acceptors (Lipinski definition) is 5. The molecule has 0 aliphatic carbocycles. The van der Waals surface area contributed by atoms with Gasteiger partial charge in [0.05, 0.1) is 0 Å². The van der Waals surface area contributed by atoms with Gasteiger partial charge in [0.1, 0.15) is 0 Å². The van der Waals surface area contributed by atoms with Crippen molar-refractivity contribution in [2.75, 3.05) is 26.0 Å². The topological polar surface area (TPSA) is 75.9 Å². The Morgan fingerprint density at radius 3 is 2.81 bits per heavy atom. The average Bonchev–Trinajstić information content (AvgIpc) is 2.93. The van der Waals surface area contributed by atoms with E-state index in [1.807, 2.05) is 13.0 Å². The summed E-state index contributed by atoms with van der Waals surface area (Å²) in [6, 6.07) is 3.51. The van der Waals surface area contributed by atoms with Crippen molar-refractivity contribution in [3.8, 4) is 5.82 Å². The minimum atomic E-state index is -0.135. The molecular weight excluding hydrogens is 268 g/mol. The second-order valence-corrected chi connectivity index (χ2v) is 4.96. The molecule has 0 aliphatic heterocycles. The second-order valence-electron chi connectivity index (χ2n) is 4.96. The van der Waals surface area contributed by atoms with Crippen molar-refractivity contribution in [2.45, 2.75) is 20.3 Å². The van der Waals surface area contributed by atoms with Crippen LogP contribution in [0, 0.1) is 6.92 Å². The number of hydrogen-bond donors (Lipinski definition) is 1. The van der Waals surface area contributed by atoms with E-state index < -0.39 is 0 Å². The predicted molar refractivity (Wildman–Crippen MR) is 80.7 cm³/mol. The summed E-state index contributed by atoms with van der Waals surface area (Å²) in [4.78, 5) is 22.1. The molecule has 7 nitrogen and oxygen atoms in total. The zero-order valence-corrected chi connectivity index (χ0v) is 12.8. The summed E-state index contributed by atoms with van der Waals surface area (Å²) in [5, 5.41) is 7.43. The van der Waals surface area contributed by atoms with Crippen LogP contribution >= 0.6 is 0 Å². The molecule has 0 saturated heterocycles. The Labute approximate surface area is 124 Å². The van der Waals surface area contributed by atoms with Crippen LogP contribution in [0.4, 0.5) is 5.95 Å². The SMILES string of the molecule is CCCNc1nc(C)cc(-n2ccc(C(=O)N(C)C)n2)n1. The summed E-state index contributed by atoms with van der Waals surface area (Å²) in [6.07, 6.45) is 2.72. The Hall–Kier alpha value is -2.44. The molecule has 112 valence electrons. The largest absolute Gasteiger partial charge is 0.354 e. The van der Waals surface area contributed by atoms with Gasteiger partial charge < -0.3 is 10.2 Å². The van der Waals surface area contributed by atoms with Crippen LogP contribution in [-0.2, 0) is 0 Å². The van der Waals surface area contributed by atoms with Gasteiger partial charge >= 0.3 is 0 Å². The second kappa shape index (κ2) is 6.34. The molecule has 0 atom stereocenters. The lowest BCUT2D eigenvalue weighted by molar-refractivity contribution is 0.0821. The number of rotatable bonds is 5. The summed E-state index contributed by atoms with van der Waals surface area (Å²) >= 11 is 0. The van der Waals surface area contributed by atoms with Gasteiger partial charge in [-0.2, -0.15) is 10.1 Å². The fourth-order valence-electron chi connectivity index (χ4n) is 1.78. The third kappa shape index (κ3) is 3.56. The van der Waals surface area contributed by atoms with Gasteiger partial charge in [0, 0.05) is 38.6 Å². The van der Waals surface area contributed by atoms with Crippen molar-refractivity contribution >= 4 is 11.9 Å². The number of amides is 1. The summed E-state index contributed by atoms with van der Waals surface area (Å²) in [5.74, 6) is 1.07. The lowest BCUT2D eigenvalue weighted by atomic mass is 10.4. The van der Waals surface area contributed by atoms with Crippen LogP contribution in [0.5, 0.6) is 0 Å². The average molecular weight is 288 g/mol. The quantitative estimate of drug-likeness (QED) is 0.902. The number of carbonyl (C=O) groups excluding carboxylic acids is 1. The van der Waals surface area contributed by atoms with Crippen molar-refractivity contribution in [3.05, 3.63) is 29.7 Å². The maximum Gasteiger partial charge on any atom is 0.273 e. The molecule has 0 spiro atoms. The van der Waals surface area contributed by atoms with E-state index in [4.69, 9.17) is 0 Å². The molecule has 2 rings (SSSR count). The number of aryl methyl sites for hydroxylation is 1. The van der Waals surface area contributed by atoms with Crippen LogP contribution in [0.25, 0.3) is 5.82 Å². The van der Waals surface area contributed by atoms with E-state index in [1.54, 1.807) is 31.0 Å². The zero-order valence-electron chi connectivity index (χ0n) is 12.8. The highest BCUT2D eigenvalue weighted by atomic mass is 16.2. The molecule has 7 heteroatoms. The van der Waals surface area contributed by atoms with Crippen molar-refractivity contribution in [2.24, 2.45) is 0 Å². The van der Waals surface area contributed by atoms with Crippen LogP contribution in [0.15, 0.2) is 18.3 Å². The molecule has 2 heterocycles. The Kier molecular flexibility index (Phi) is 4.52. The first kappa shape index (κ1) is 15.0. The number of aromatic nitrogens is 4. The molecule has 0 aliphatic rings. The molecule has 1 N–H and O–H groups in total. The number of carbonyl (C=O) groups is 1. The molecule has 21 heavy (non-hydrogen) atoms. The first-order valence-electron chi connectivity index (χ1n) is 6.88. The molecular formula is C14H20N6O. The third-order valence-electron chi connectivity index (χ3n) is 2.82. The maximum atomic E-state index is 11.9. The minimum absolute atomic E-state index is 0.135. The molecule has 2 aromatic heterocycles. The van der Waals surface area contributed by atoms with Crippen LogP contribution in [-0.4, -0.2) is 51.2 Å². The minimum Gasteiger partial charge on any atom is -0.354 e. The Morgan fingerprint density at radius 1 is 1.38 bits per heavy atom. The highest BCUT2D eigenvalue weighted by Gasteiger charge is 2.13. The first-order valence-corrected chi connectivity index (χ1v) is 6.88. The Balaban J connectivity index is 2.29. The predicted octanol–water partition coefficient (Wildman–Crippen LogP) is 1.49. The monoisotopic (exact) mass is 288 g/mol. The van der Waals surface area contributed by atoms with Gasteiger partial charge in [0.2, 0.25) is 5.95 Å². The lowest BCUT2D eigenvalue weighted by Crippen LogP contribution is -2.22. The van der Waals surface area contributed by atoms with Gasteiger partial charge in [0.25, 0.3) is 5.91 Å². The van der Waals surface area contributed by atoms with E-state index in [2.05, 4.69) is 27.3 Å². The normalized spacial score (nSPS) is 10.5. The number of nitrogens with one attached hydrogen (secondary N) is 1. The molecule has 0 fully saturated rings. The first-order chi connectivity index (χ1) is 10.0. The van der Waals surface area contributed by atoms with Gasteiger partial charge in [-0.1, -0.05) is 6.92 Å². The van der Waals surface area contributed by atoms with E-state index >= 15 is 0 Å². The van der Waals surface area contributed by atoms with Crippen LogP contribution in [0.2, 0.25) is 0 Å². The lowest BCUT2D eigenvalue weighted by Gasteiger charge is -2.08. The van der Waals surface area contributed by atoms with Crippen molar-refractivity contribution in [1.82, 2.24) is 24.6 Å². The van der Waals surface area contributed by atoms with Crippen LogP contribution in [0.1, 0.15) is 29.5 Å². The smallest absolute Gasteiger partial charge is 0.273 e. The summed E-state index contributed by atoms with van der Waals surface area (Å²) in [6.45, 7) is 4.79. The molecule has 0 aromatic carbocycles. The third-order valence-corrected chi connectivity index (χ3v) is 2.82. The summed E-state index contributed by atoms with van der Waals surface area (Å²) in [5.41, 5.74) is 1.23. The van der Waals surface area contributed by atoms with E-state index in [1.165, 1.54) is 4.90 Å². The van der Waals surface area contributed by atoms with Crippen LogP contribution in [0.3, 0.4) is 0 Å². The molecule has 2 aromatic rings. The molecule has 1 amide bonds. The van der Waals surface area contributed by atoms with Crippen molar-refractivity contribution in [1.29, 1.82) is 0 Å². The van der Waals surface area contributed by atoms with Gasteiger partial charge in [-0.05, 0) is 19.4 Å². The highest BCUT2D eigenvalue weighted by Crippen LogP contribution is 2.10. The standard InChI is InChI=1S/C14H20N6O/c1-5-7-15-14-16-10(2)9-12(17-14)20-8-6-11(18-20)13(21)19(3)4/h6,8-9H,5,7H2,1-4H3,(H,15,16,17). The van der Waals surface area contributed by atoms with E-state index in [-0.39, 0.29) is 5.91 Å². The van der Waals surface area contributed by atoms with Crippen molar-refractivity contribution < 1.29 is 4.79 Å². The molecule has 0 saturated carbocycles. The van der Waals surface area contributed by atoms with Gasteiger partial charge in [-0.3, -0.25) is 4.79 Å². The highest BCUT2D eigenvalue weighted by molar-refractivity contribution is 5.91.